The fourth-order valence-electron chi connectivity index (χ4n) is 1.59. The third kappa shape index (κ3) is 1.77. The molecule has 1 heterocycles. The lowest BCUT2D eigenvalue weighted by atomic mass is 10.1. The summed E-state index contributed by atoms with van der Waals surface area (Å²) in [7, 11) is 0. The first-order chi connectivity index (χ1) is 7.22. The lowest BCUT2D eigenvalue weighted by molar-refractivity contribution is 0.101. The fraction of sp³-hybridized carbons (Fsp3) is 0.333. The highest BCUT2D eigenvalue weighted by atomic mass is 16.3. The Kier molecular flexibility index (Phi) is 2.54. The predicted octanol–water partition coefficient (Wildman–Crippen LogP) is 2.98. The normalized spacial score (nSPS) is 10.8. The number of hydrogen-bond donors (Lipinski definition) is 0. The molecule has 0 aliphatic rings. The molecular weight excluding hydrogens is 190 g/mol. The molecule has 0 unspecified atom stereocenters. The Hall–Kier alpha value is -1.64. The molecule has 0 atom stereocenters. The van der Waals surface area contributed by atoms with Crippen molar-refractivity contribution in [1.29, 1.82) is 0 Å². The molecule has 0 radical (unpaired) electrons. The Morgan fingerprint density at radius 2 is 2.27 bits per heavy atom. The van der Waals surface area contributed by atoms with Crippen LogP contribution in [0.1, 0.15) is 36.5 Å². The summed E-state index contributed by atoms with van der Waals surface area (Å²) in [6.07, 6.45) is 1.80. The number of benzene rings is 1. The molecule has 15 heavy (non-hydrogen) atoms. The fourth-order valence-corrected chi connectivity index (χ4v) is 1.59. The molecular formula is C12H13NO2. The third-order valence-corrected chi connectivity index (χ3v) is 2.30. The third-order valence-electron chi connectivity index (χ3n) is 2.30. The summed E-state index contributed by atoms with van der Waals surface area (Å²) in [6.45, 7) is 3.61. The van der Waals surface area contributed by atoms with E-state index >= 15 is 0 Å². The topological polar surface area (TPSA) is 43.1 Å². The van der Waals surface area contributed by atoms with E-state index in [1.807, 2.05) is 12.1 Å². The molecule has 3 nitrogen and oxygen atoms in total. The van der Waals surface area contributed by atoms with E-state index in [0.29, 0.717) is 17.0 Å². The zero-order valence-electron chi connectivity index (χ0n) is 8.91. The highest BCUT2D eigenvalue weighted by Crippen LogP contribution is 2.21. The quantitative estimate of drug-likeness (QED) is 0.720. The van der Waals surface area contributed by atoms with E-state index in [2.05, 4.69) is 11.9 Å². The van der Waals surface area contributed by atoms with Crippen LogP contribution in [0.4, 0.5) is 0 Å². The zero-order valence-corrected chi connectivity index (χ0v) is 8.91. The Labute approximate surface area is 88.1 Å². The maximum Gasteiger partial charge on any atom is 0.195 e. The minimum Gasteiger partial charge on any atom is -0.440 e. The van der Waals surface area contributed by atoms with E-state index in [9.17, 15) is 4.79 Å². The van der Waals surface area contributed by atoms with Crippen LogP contribution in [0.3, 0.4) is 0 Å². The first kappa shape index (κ1) is 9.90. The maximum atomic E-state index is 11.3. The van der Waals surface area contributed by atoms with Gasteiger partial charge in [0.25, 0.3) is 0 Å². The van der Waals surface area contributed by atoms with Gasteiger partial charge in [-0.05, 0) is 25.5 Å². The van der Waals surface area contributed by atoms with Gasteiger partial charge in [-0.3, -0.25) is 4.79 Å². The van der Waals surface area contributed by atoms with Crippen LogP contribution in [0.25, 0.3) is 11.1 Å². The molecule has 0 fully saturated rings. The summed E-state index contributed by atoms with van der Waals surface area (Å²) >= 11 is 0. The first-order valence-electron chi connectivity index (χ1n) is 5.11. The molecule has 78 valence electrons. The number of aryl methyl sites for hydroxylation is 1. The van der Waals surface area contributed by atoms with Crippen molar-refractivity contribution in [1.82, 2.24) is 4.98 Å². The molecule has 1 aromatic carbocycles. The minimum atomic E-state index is 0.0137. The Bertz CT molecular complexity index is 499. The number of rotatable bonds is 3. The van der Waals surface area contributed by atoms with Gasteiger partial charge < -0.3 is 4.42 Å². The van der Waals surface area contributed by atoms with Gasteiger partial charge in [0, 0.05) is 6.42 Å². The van der Waals surface area contributed by atoms with Gasteiger partial charge in [0.05, 0.1) is 5.56 Å². The van der Waals surface area contributed by atoms with Crippen LogP contribution in [0.15, 0.2) is 22.6 Å². The van der Waals surface area contributed by atoms with Crippen molar-refractivity contribution in [3.63, 3.8) is 0 Å². The molecule has 0 aliphatic heterocycles. The first-order valence-corrected chi connectivity index (χ1v) is 5.11. The number of carbonyl (C=O) groups excluding carboxylic acids is 1. The Morgan fingerprint density at radius 1 is 1.47 bits per heavy atom. The van der Waals surface area contributed by atoms with Crippen molar-refractivity contribution in [2.24, 2.45) is 0 Å². The van der Waals surface area contributed by atoms with E-state index in [1.165, 1.54) is 6.92 Å². The van der Waals surface area contributed by atoms with Crippen molar-refractivity contribution in [2.75, 3.05) is 0 Å². The lowest BCUT2D eigenvalue weighted by Gasteiger charge is -1.94. The number of nitrogens with zero attached hydrogens (tertiary/aromatic N) is 1. The van der Waals surface area contributed by atoms with Crippen molar-refractivity contribution in [3.8, 4) is 0 Å². The number of aromatic nitrogens is 1. The van der Waals surface area contributed by atoms with Crippen LogP contribution >= 0.6 is 0 Å². The molecule has 0 spiro atoms. The van der Waals surface area contributed by atoms with Crippen LogP contribution in [0.2, 0.25) is 0 Å². The highest BCUT2D eigenvalue weighted by Gasteiger charge is 2.11. The minimum absolute atomic E-state index is 0.0137. The van der Waals surface area contributed by atoms with Gasteiger partial charge in [-0.15, -0.1) is 0 Å². The predicted molar refractivity (Wildman–Crippen MR) is 58.0 cm³/mol. The van der Waals surface area contributed by atoms with Crippen molar-refractivity contribution in [2.45, 2.75) is 26.7 Å². The number of carbonyl (C=O) groups is 1. The van der Waals surface area contributed by atoms with E-state index in [1.54, 1.807) is 6.07 Å². The van der Waals surface area contributed by atoms with Gasteiger partial charge in [-0.2, -0.15) is 0 Å². The highest BCUT2D eigenvalue weighted by molar-refractivity contribution is 6.03. The molecule has 0 amide bonds. The average molecular weight is 203 g/mol. The largest absolute Gasteiger partial charge is 0.440 e. The zero-order chi connectivity index (χ0) is 10.8. The van der Waals surface area contributed by atoms with Crippen LogP contribution in [0.5, 0.6) is 0 Å². The molecule has 3 heteroatoms. The SMILES string of the molecule is CCCc1nc2cccc(C(C)=O)c2o1. The van der Waals surface area contributed by atoms with Crippen LogP contribution < -0.4 is 0 Å². The summed E-state index contributed by atoms with van der Waals surface area (Å²) in [5, 5.41) is 0. The van der Waals surface area contributed by atoms with E-state index < -0.39 is 0 Å². The standard InChI is InChI=1S/C12H13NO2/c1-3-5-11-13-10-7-4-6-9(8(2)14)12(10)15-11/h4,6-7H,3,5H2,1-2H3. The second-order valence-electron chi connectivity index (χ2n) is 3.57. The molecule has 0 N–H and O–H groups in total. The second kappa shape index (κ2) is 3.85. The van der Waals surface area contributed by atoms with Gasteiger partial charge in [-0.1, -0.05) is 13.0 Å². The van der Waals surface area contributed by atoms with Crippen molar-refractivity contribution < 1.29 is 9.21 Å². The molecule has 2 aromatic rings. The molecule has 0 saturated carbocycles. The average Bonchev–Trinajstić information content (AvgIpc) is 2.59. The smallest absolute Gasteiger partial charge is 0.195 e. The number of fused-ring (bicyclic) bond motifs is 1. The van der Waals surface area contributed by atoms with Gasteiger partial charge in [-0.25, -0.2) is 4.98 Å². The summed E-state index contributed by atoms with van der Waals surface area (Å²) in [6, 6.07) is 5.47. The molecule has 1 aromatic heterocycles. The summed E-state index contributed by atoms with van der Waals surface area (Å²) in [5.74, 6) is 0.723. The van der Waals surface area contributed by atoms with Gasteiger partial charge in [0.2, 0.25) is 0 Å². The van der Waals surface area contributed by atoms with Crippen molar-refractivity contribution >= 4 is 16.9 Å². The molecule has 2 rings (SSSR count). The van der Waals surface area contributed by atoms with Gasteiger partial charge in [0.15, 0.2) is 17.3 Å². The van der Waals surface area contributed by atoms with Gasteiger partial charge >= 0.3 is 0 Å². The van der Waals surface area contributed by atoms with Crippen LogP contribution in [-0.2, 0) is 6.42 Å². The van der Waals surface area contributed by atoms with E-state index in [-0.39, 0.29) is 5.78 Å². The van der Waals surface area contributed by atoms with Crippen molar-refractivity contribution in [3.05, 3.63) is 29.7 Å². The van der Waals surface area contributed by atoms with Crippen LogP contribution in [0, 0.1) is 0 Å². The summed E-state index contributed by atoms with van der Waals surface area (Å²) < 4.78 is 5.57. The van der Waals surface area contributed by atoms with E-state index in [4.69, 9.17) is 4.42 Å². The van der Waals surface area contributed by atoms with E-state index in [0.717, 1.165) is 18.4 Å². The molecule has 0 saturated heterocycles. The lowest BCUT2D eigenvalue weighted by Crippen LogP contribution is -1.91. The Balaban J connectivity index is 2.59. The number of para-hydroxylation sites is 1. The summed E-state index contributed by atoms with van der Waals surface area (Å²) in [4.78, 5) is 15.7. The van der Waals surface area contributed by atoms with Gasteiger partial charge in [0.1, 0.15) is 5.52 Å². The monoisotopic (exact) mass is 203 g/mol. The second-order valence-corrected chi connectivity index (χ2v) is 3.57. The Morgan fingerprint density at radius 3 is 2.93 bits per heavy atom. The number of Topliss-reactive ketones (excluding diaryl/α,β-unsaturated/α-hetero) is 1. The number of oxazole rings is 1. The summed E-state index contributed by atoms with van der Waals surface area (Å²) in [5.41, 5.74) is 2.00. The molecule has 0 bridgehead atoms. The van der Waals surface area contributed by atoms with Crippen LogP contribution in [-0.4, -0.2) is 10.8 Å². The maximum absolute atomic E-state index is 11.3. The molecule has 0 aliphatic carbocycles. The number of ketones is 1. The number of hydrogen-bond acceptors (Lipinski definition) is 3.